The average molecular weight is 334 g/mol. The van der Waals surface area contributed by atoms with Crippen LogP contribution in [0.25, 0.3) is 0 Å². The molecule has 21 heavy (non-hydrogen) atoms. The van der Waals surface area contributed by atoms with Gasteiger partial charge in [-0.3, -0.25) is 4.79 Å². The lowest BCUT2D eigenvalue weighted by Gasteiger charge is -2.12. The largest absolute Gasteiger partial charge is 0.480 e. The highest BCUT2D eigenvalue weighted by molar-refractivity contribution is 6.35. The fourth-order valence-electron chi connectivity index (χ4n) is 1.34. The average Bonchev–Trinajstić information content (AvgIpc) is 2.44. The molecule has 1 N–H and O–H groups in total. The van der Waals surface area contributed by atoms with Crippen molar-refractivity contribution in [1.82, 2.24) is 5.32 Å². The van der Waals surface area contributed by atoms with Crippen LogP contribution < -0.4 is 10.1 Å². The van der Waals surface area contributed by atoms with Gasteiger partial charge in [-0.15, -0.1) is 0 Å². The van der Waals surface area contributed by atoms with E-state index >= 15 is 0 Å². The Bertz CT molecular complexity index is 508. The number of nitrogens with one attached hydrogen (secondary N) is 1. The predicted octanol–water partition coefficient (Wildman–Crippen LogP) is 2.83. The van der Waals surface area contributed by atoms with Crippen molar-refractivity contribution < 1.29 is 19.1 Å². The standard InChI is InChI=1S/C14H17Cl2NO4/c1-3-9(2)17-13(18)7-21-14(19)8-20-12-5-4-10(15)6-11(12)16/h4-6,9H,3,7-8H2,1-2H3,(H,17,18)/t9-/m0/s1. The molecule has 1 atom stereocenters. The van der Waals surface area contributed by atoms with E-state index in [1.54, 1.807) is 12.1 Å². The first-order valence-corrected chi connectivity index (χ1v) is 7.20. The highest BCUT2D eigenvalue weighted by atomic mass is 35.5. The first-order chi connectivity index (χ1) is 9.92. The van der Waals surface area contributed by atoms with Crippen molar-refractivity contribution in [1.29, 1.82) is 0 Å². The Kier molecular flexibility index (Phi) is 7.32. The summed E-state index contributed by atoms with van der Waals surface area (Å²) in [5, 5.41) is 3.45. The van der Waals surface area contributed by atoms with E-state index in [4.69, 9.17) is 32.7 Å². The van der Waals surface area contributed by atoms with Crippen LogP contribution in [0.4, 0.5) is 0 Å². The molecule has 0 unspecified atom stereocenters. The van der Waals surface area contributed by atoms with Crippen LogP contribution in [0, 0.1) is 0 Å². The summed E-state index contributed by atoms with van der Waals surface area (Å²) >= 11 is 11.6. The number of esters is 1. The zero-order valence-corrected chi connectivity index (χ0v) is 13.3. The third-order valence-electron chi connectivity index (χ3n) is 2.62. The summed E-state index contributed by atoms with van der Waals surface area (Å²) in [7, 11) is 0. The van der Waals surface area contributed by atoms with Gasteiger partial charge in [-0.05, 0) is 31.5 Å². The Morgan fingerprint density at radius 3 is 2.62 bits per heavy atom. The summed E-state index contributed by atoms with van der Waals surface area (Å²) in [5.41, 5.74) is 0. The molecule has 0 spiro atoms. The lowest BCUT2D eigenvalue weighted by Crippen LogP contribution is -2.35. The number of amides is 1. The monoisotopic (exact) mass is 333 g/mol. The molecule has 0 fully saturated rings. The van der Waals surface area contributed by atoms with Gasteiger partial charge >= 0.3 is 5.97 Å². The fraction of sp³-hybridized carbons (Fsp3) is 0.429. The molecule has 116 valence electrons. The van der Waals surface area contributed by atoms with Gasteiger partial charge in [-0.1, -0.05) is 30.1 Å². The van der Waals surface area contributed by atoms with Gasteiger partial charge in [0.15, 0.2) is 13.2 Å². The first kappa shape index (κ1) is 17.6. The third kappa shape index (κ3) is 6.69. The molecule has 0 heterocycles. The quantitative estimate of drug-likeness (QED) is 0.779. The maximum Gasteiger partial charge on any atom is 0.344 e. The number of halogens is 2. The Labute approximate surface area is 133 Å². The van der Waals surface area contributed by atoms with Crippen molar-refractivity contribution in [2.24, 2.45) is 0 Å². The Hall–Kier alpha value is -1.46. The highest BCUT2D eigenvalue weighted by Gasteiger charge is 2.11. The molecule has 0 radical (unpaired) electrons. The van der Waals surface area contributed by atoms with E-state index in [9.17, 15) is 9.59 Å². The molecule has 0 saturated heterocycles. The van der Waals surface area contributed by atoms with Crippen molar-refractivity contribution in [3.05, 3.63) is 28.2 Å². The van der Waals surface area contributed by atoms with Crippen LogP contribution in [0.5, 0.6) is 5.75 Å². The van der Waals surface area contributed by atoms with Gasteiger partial charge in [0.1, 0.15) is 5.75 Å². The third-order valence-corrected chi connectivity index (χ3v) is 3.15. The summed E-state index contributed by atoms with van der Waals surface area (Å²) in [6.45, 7) is 3.14. The maximum atomic E-state index is 11.5. The van der Waals surface area contributed by atoms with Gasteiger partial charge in [0.25, 0.3) is 5.91 Å². The number of carbonyl (C=O) groups is 2. The molecule has 0 bridgehead atoms. The van der Waals surface area contributed by atoms with Gasteiger partial charge in [-0.2, -0.15) is 0 Å². The van der Waals surface area contributed by atoms with Crippen LogP contribution in [0.15, 0.2) is 18.2 Å². The topological polar surface area (TPSA) is 64.6 Å². The number of hydrogen-bond donors (Lipinski definition) is 1. The summed E-state index contributed by atoms with van der Waals surface area (Å²) in [5.74, 6) is -0.676. The SMILES string of the molecule is CC[C@H](C)NC(=O)COC(=O)COc1ccc(Cl)cc1Cl. The molecule has 5 nitrogen and oxygen atoms in total. The van der Waals surface area contributed by atoms with Crippen molar-refractivity contribution in [3.63, 3.8) is 0 Å². The Balaban J connectivity index is 2.32. The first-order valence-electron chi connectivity index (χ1n) is 6.45. The zero-order chi connectivity index (χ0) is 15.8. The number of benzene rings is 1. The minimum Gasteiger partial charge on any atom is -0.480 e. The van der Waals surface area contributed by atoms with Gasteiger partial charge < -0.3 is 14.8 Å². The number of rotatable bonds is 7. The minimum atomic E-state index is -0.652. The van der Waals surface area contributed by atoms with E-state index in [0.717, 1.165) is 6.42 Å². The molecule has 0 aliphatic heterocycles. The maximum absolute atomic E-state index is 11.5. The van der Waals surface area contributed by atoms with E-state index in [0.29, 0.717) is 15.8 Å². The van der Waals surface area contributed by atoms with E-state index in [1.165, 1.54) is 6.07 Å². The zero-order valence-electron chi connectivity index (χ0n) is 11.8. The van der Waals surface area contributed by atoms with Crippen LogP contribution in [0.1, 0.15) is 20.3 Å². The second-order valence-electron chi connectivity index (χ2n) is 4.40. The van der Waals surface area contributed by atoms with Crippen LogP contribution in [-0.4, -0.2) is 31.1 Å². The van der Waals surface area contributed by atoms with Gasteiger partial charge in [0.05, 0.1) is 5.02 Å². The lowest BCUT2D eigenvalue weighted by molar-refractivity contribution is -0.150. The summed E-state index contributed by atoms with van der Waals surface area (Å²) in [6, 6.07) is 4.69. The van der Waals surface area contributed by atoms with Gasteiger partial charge in [0, 0.05) is 11.1 Å². The molecule has 0 saturated carbocycles. The molecular weight excluding hydrogens is 317 g/mol. The summed E-state index contributed by atoms with van der Waals surface area (Å²) < 4.78 is 9.98. The van der Waals surface area contributed by atoms with Crippen molar-refractivity contribution in [2.75, 3.05) is 13.2 Å². The fourth-order valence-corrected chi connectivity index (χ4v) is 1.80. The van der Waals surface area contributed by atoms with E-state index in [-0.39, 0.29) is 25.2 Å². The summed E-state index contributed by atoms with van der Waals surface area (Å²) in [6.07, 6.45) is 0.803. The van der Waals surface area contributed by atoms with Crippen molar-refractivity contribution in [2.45, 2.75) is 26.3 Å². The number of ether oxygens (including phenoxy) is 2. The Morgan fingerprint density at radius 1 is 1.29 bits per heavy atom. The Morgan fingerprint density at radius 2 is 2.00 bits per heavy atom. The highest BCUT2D eigenvalue weighted by Crippen LogP contribution is 2.27. The van der Waals surface area contributed by atoms with Crippen LogP contribution in [-0.2, 0) is 14.3 Å². The lowest BCUT2D eigenvalue weighted by atomic mass is 10.2. The minimum absolute atomic E-state index is 0.0420. The second-order valence-corrected chi connectivity index (χ2v) is 5.24. The van der Waals surface area contributed by atoms with Crippen LogP contribution >= 0.6 is 23.2 Å². The summed E-state index contributed by atoms with van der Waals surface area (Å²) in [4.78, 5) is 22.9. The number of carbonyl (C=O) groups excluding carboxylic acids is 2. The van der Waals surface area contributed by atoms with Gasteiger partial charge in [-0.25, -0.2) is 4.79 Å². The molecule has 1 aromatic carbocycles. The smallest absolute Gasteiger partial charge is 0.344 e. The molecule has 7 heteroatoms. The van der Waals surface area contributed by atoms with E-state index < -0.39 is 5.97 Å². The predicted molar refractivity (Wildman–Crippen MR) is 80.8 cm³/mol. The van der Waals surface area contributed by atoms with Crippen molar-refractivity contribution in [3.8, 4) is 5.75 Å². The molecule has 0 aliphatic rings. The normalized spacial score (nSPS) is 11.6. The second kappa shape index (κ2) is 8.74. The molecule has 1 amide bonds. The van der Waals surface area contributed by atoms with E-state index in [1.807, 2.05) is 13.8 Å². The molecule has 1 rings (SSSR count). The van der Waals surface area contributed by atoms with E-state index in [2.05, 4.69) is 5.32 Å². The molecule has 0 aromatic heterocycles. The van der Waals surface area contributed by atoms with Crippen molar-refractivity contribution >= 4 is 35.1 Å². The van der Waals surface area contributed by atoms with Crippen LogP contribution in [0.3, 0.4) is 0 Å². The molecule has 1 aromatic rings. The molecule has 0 aliphatic carbocycles. The number of hydrogen-bond acceptors (Lipinski definition) is 4. The van der Waals surface area contributed by atoms with Crippen LogP contribution in [0.2, 0.25) is 10.0 Å². The molecular formula is C14H17Cl2NO4. The van der Waals surface area contributed by atoms with Gasteiger partial charge in [0.2, 0.25) is 0 Å².